The number of hydrogen-bond donors (Lipinski definition) is 1. The number of carbonyl (C=O) groups is 3. The van der Waals surface area contributed by atoms with Crippen LogP contribution in [-0.2, 0) is 11.2 Å². The number of hydrogen-bond acceptors (Lipinski definition) is 5. The van der Waals surface area contributed by atoms with E-state index in [1.165, 1.54) is 19.2 Å². The van der Waals surface area contributed by atoms with Gasteiger partial charge in [-0.3, -0.25) is 19.3 Å². The summed E-state index contributed by atoms with van der Waals surface area (Å²) in [5, 5.41) is 2.70. The fourth-order valence-corrected chi connectivity index (χ4v) is 3.32. The van der Waals surface area contributed by atoms with E-state index in [0.29, 0.717) is 23.1 Å². The van der Waals surface area contributed by atoms with E-state index in [1.54, 1.807) is 24.3 Å². The molecule has 164 valence electrons. The first kappa shape index (κ1) is 22.2. The lowest BCUT2D eigenvalue weighted by atomic mass is 10.1. The maximum absolute atomic E-state index is 12.5. The molecule has 1 aliphatic rings. The first-order valence-corrected chi connectivity index (χ1v) is 9.65. The molecule has 31 heavy (non-hydrogen) atoms. The number of nitrogens with one attached hydrogen (secondary N) is 1. The van der Waals surface area contributed by atoms with Crippen molar-refractivity contribution < 1.29 is 32.6 Å². The summed E-state index contributed by atoms with van der Waals surface area (Å²) in [5.74, 6) is -1.03. The molecule has 0 aliphatic carbocycles. The Morgan fingerprint density at radius 1 is 1.06 bits per heavy atom. The van der Waals surface area contributed by atoms with Gasteiger partial charge in [-0.1, -0.05) is 17.7 Å². The lowest BCUT2D eigenvalue weighted by Crippen LogP contribution is -2.35. The Morgan fingerprint density at radius 3 is 2.52 bits per heavy atom. The summed E-state index contributed by atoms with van der Waals surface area (Å²) in [5.41, 5.74) is 2.25. The zero-order valence-electron chi connectivity index (χ0n) is 17.1. The highest BCUT2D eigenvalue weighted by molar-refractivity contribution is 6.21. The van der Waals surface area contributed by atoms with Crippen LogP contribution >= 0.6 is 0 Å². The zero-order chi connectivity index (χ0) is 22.5. The second-order valence-electron chi connectivity index (χ2n) is 7.02. The van der Waals surface area contributed by atoms with Crippen LogP contribution in [0.5, 0.6) is 11.5 Å². The SMILES string of the molecule is COc1ccc(CCNC(=O)CCN2C(=O)c3ccc(C)cc3C2=O)cc1OC(F)F. The molecule has 0 fully saturated rings. The number of carbonyl (C=O) groups excluding carboxylic acids is 3. The summed E-state index contributed by atoms with van der Waals surface area (Å²) in [4.78, 5) is 38.0. The summed E-state index contributed by atoms with van der Waals surface area (Å²) < 4.78 is 34.5. The lowest BCUT2D eigenvalue weighted by Gasteiger charge is -2.14. The van der Waals surface area contributed by atoms with Crippen LogP contribution in [0.1, 0.15) is 38.3 Å². The summed E-state index contributed by atoms with van der Waals surface area (Å²) in [6.07, 6.45) is 0.342. The molecule has 0 saturated carbocycles. The van der Waals surface area contributed by atoms with Gasteiger partial charge in [0.05, 0.1) is 18.2 Å². The van der Waals surface area contributed by atoms with Gasteiger partial charge in [-0.15, -0.1) is 0 Å². The molecular weight excluding hydrogens is 410 g/mol. The largest absolute Gasteiger partial charge is 0.493 e. The van der Waals surface area contributed by atoms with Gasteiger partial charge in [0.1, 0.15) is 0 Å². The first-order valence-electron chi connectivity index (χ1n) is 9.65. The van der Waals surface area contributed by atoms with Crippen molar-refractivity contribution in [2.45, 2.75) is 26.4 Å². The number of aryl methyl sites for hydroxylation is 1. The van der Waals surface area contributed by atoms with E-state index in [1.807, 2.05) is 6.92 Å². The molecule has 9 heteroatoms. The Balaban J connectivity index is 1.49. The molecule has 0 spiro atoms. The highest BCUT2D eigenvalue weighted by Gasteiger charge is 2.35. The van der Waals surface area contributed by atoms with Gasteiger partial charge in [0.2, 0.25) is 5.91 Å². The van der Waals surface area contributed by atoms with Crippen molar-refractivity contribution in [1.82, 2.24) is 10.2 Å². The predicted molar refractivity (Wildman–Crippen MR) is 108 cm³/mol. The standard InChI is InChI=1S/C22H22F2N2O5/c1-13-3-5-15-16(11-13)21(29)26(20(15)28)10-8-19(27)25-9-7-14-4-6-17(30-2)18(12-14)31-22(23)24/h3-6,11-12,22H,7-10H2,1-2H3,(H,25,27). The molecule has 1 N–H and O–H groups in total. The van der Waals surface area contributed by atoms with E-state index in [9.17, 15) is 23.2 Å². The van der Waals surface area contributed by atoms with E-state index < -0.39 is 18.4 Å². The topological polar surface area (TPSA) is 84.9 Å². The molecule has 3 rings (SSSR count). The van der Waals surface area contributed by atoms with Gasteiger partial charge < -0.3 is 14.8 Å². The molecule has 2 aromatic carbocycles. The number of nitrogens with zero attached hydrogens (tertiary/aromatic N) is 1. The van der Waals surface area contributed by atoms with Gasteiger partial charge in [-0.25, -0.2) is 0 Å². The van der Waals surface area contributed by atoms with E-state index in [4.69, 9.17) is 4.74 Å². The monoisotopic (exact) mass is 432 g/mol. The van der Waals surface area contributed by atoms with E-state index in [-0.39, 0.29) is 36.9 Å². The van der Waals surface area contributed by atoms with Crippen molar-refractivity contribution in [3.63, 3.8) is 0 Å². The number of fused-ring (bicyclic) bond motifs is 1. The average molecular weight is 432 g/mol. The minimum Gasteiger partial charge on any atom is -0.493 e. The van der Waals surface area contributed by atoms with Crippen LogP contribution in [0.3, 0.4) is 0 Å². The molecule has 1 heterocycles. The van der Waals surface area contributed by atoms with Crippen LogP contribution in [0.2, 0.25) is 0 Å². The van der Waals surface area contributed by atoms with Crippen molar-refractivity contribution in [1.29, 1.82) is 0 Å². The van der Waals surface area contributed by atoms with Gasteiger partial charge in [0.25, 0.3) is 11.8 Å². The lowest BCUT2D eigenvalue weighted by molar-refractivity contribution is -0.121. The number of imide groups is 1. The Hall–Kier alpha value is -3.49. The Labute approximate surface area is 177 Å². The van der Waals surface area contributed by atoms with Crippen molar-refractivity contribution in [2.24, 2.45) is 0 Å². The van der Waals surface area contributed by atoms with Gasteiger partial charge in [0, 0.05) is 19.5 Å². The van der Waals surface area contributed by atoms with E-state index >= 15 is 0 Å². The van der Waals surface area contributed by atoms with Crippen LogP contribution in [0.25, 0.3) is 0 Å². The van der Waals surface area contributed by atoms with Crippen LogP contribution in [0.4, 0.5) is 8.78 Å². The Kier molecular flexibility index (Phi) is 6.84. The van der Waals surface area contributed by atoms with Gasteiger partial charge in [-0.05, 0) is 43.2 Å². The molecule has 1 aliphatic heterocycles. The Bertz CT molecular complexity index is 1010. The number of methoxy groups -OCH3 is 1. The molecule has 0 atom stereocenters. The highest BCUT2D eigenvalue weighted by atomic mass is 19.3. The fraction of sp³-hybridized carbons (Fsp3) is 0.318. The van der Waals surface area contributed by atoms with Crippen molar-refractivity contribution >= 4 is 17.7 Å². The van der Waals surface area contributed by atoms with Gasteiger partial charge >= 0.3 is 6.61 Å². The first-order chi connectivity index (χ1) is 14.8. The third-order valence-electron chi connectivity index (χ3n) is 4.87. The molecule has 7 nitrogen and oxygen atoms in total. The molecule has 0 unspecified atom stereocenters. The van der Waals surface area contributed by atoms with Crippen LogP contribution in [0, 0.1) is 6.92 Å². The third kappa shape index (κ3) is 5.17. The summed E-state index contributed by atoms with van der Waals surface area (Å²) >= 11 is 0. The molecule has 0 saturated heterocycles. The second kappa shape index (κ2) is 9.55. The summed E-state index contributed by atoms with van der Waals surface area (Å²) in [6, 6.07) is 9.67. The third-order valence-corrected chi connectivity index (χ3v) is 4.87. The smallest absolute Gasteiger partial charge is 0.387 e. The number of alkyl halides is 2. The van der Waals surface area contributed by atoms with E-state index in [2.05, 4.69) is 10.1 Å². The summed E-state index contributed by atoms with van der Waals surface area (Å²) in [7, 11) is 1.35. The van der Waals surface area contributed by atoms with Crippen LogP contribution in [-0.4, -0.2) is 49.4 Å². The number of benzene rings is 2. The number of rotatable bonds is 9. The van der Waals surface area contributed by atoms with Crippen molar-refractivity contribution in [2.75, 3.05) is 20.2 Å². The minimum absolute atomic E-state index is 0.0217. The molecule has 0 aromatic heterocycles. The fourth-order valence-electron chi connectivity index (χ4n) is 3.32. The molecule has 0 bridgehead atoms. The second-order valence-corrected chi connectivity index (χ2v) is 7.02. The van der Waals surface area contributed by atoms with Crippen molar-refractivity contribution in [3.8, 4) is 11.5 Å². The molecular formula is C22H22F2N2O5. The Morgan fingerprint density at radius 2 is 1.81 bits per heavy atom. The highest BCUT2D eigenvalue weighted by Crippen LogP contribution is 2.29. The number of halogens is 2. The molecule has 2 aromatic rings. The molecule has 3 amide bonds. The zero-order valence-corrected chi connectivity index (χ0v) is 17.1. The maximum atomic E-state index is 12.5. The maximum Gasteiger partial charge on any atom is 0.387 e. The molecule has 0 radical (unpaired) electrons. The average Bonchev–Trinajstić information content (AvgIpc) is 2.95. The normalized spacial score (nSPS) is 12.9. The number of ether oxygens (including phenoxy) is 2. The minimum atomic E-state index is -2.98. The van der Waals surface area contributed by atoms with Crippen LogP contribution in [0.15, 0.2) is 36.4 Å². The quantitative estimate of drug-likeness (QED) is 0.616. The summed E-state index contributed by atoms with van der Waals surface area (Å²) in [6.45, 7) is -0.915. The van der Waals surface area contributed by atoms with Gasteiger partial charge in [0.15, 0.2) is 11.5 Å². The number of amides is 3. The van der Waals surface area contributed by atoms with Crippen molar-refractivity contribution in [3.05, 3.63) is 58.7 Å². The predicted octanol–water partition coefficient (Wildman–Crippen LogP) is 2.95. The van der Waals surface area contributed by atoms with E-state index in [0.717, 1.165) is 10.5 Å². The van der Waals surface area contributed by atoms with Gasteiger partial charge in [-0.2, -0.15) is 8.78 Å². The van der Waals surface area contributed by atoms with Crippen LogP contribution < -0.4 is 14.8 Å².